The summed E-state index contributed by atoms with van der Waals surface area (Å²) in [6.07, 6.45) is 3.62. The van der Waals surface area contributed by atoms with Crippen molar-refractivity contribution in [1.29, 1.82) is 0 Å². The van der Waals surface area contributed by atoms with Crippen molar-refractivity contribution in [3.05, 3.63) is 58.3 Å². The molecule has 2 heterocycles. The first-order valence-corrected chi connectivity index (χ1v) is 8.46. The highest BCUT2D eigenvalue weighted by Crippen LogP contribution is 2.32. The van der Waals surface area contributed by atoms with Crippen molar-refractivity contribution < 1.29 is 13.6 Å². The van der Waals surface area contributed by atoms with Gasteiger partial charge in [0, 0.05) is 17.1 Å². The molecule has 1 saturated heterocycles. The van der Waals surface area contributed by atoms with Crippen LogP contribution in [0.2, 0.25) is 5.02 Å². The number of amides is 1. The van der Waals surface area contributed by atoms with Crippen molar-refractivity contribution in [1.82, 2.24) is 10.2 Å². The summed E-state index contributed by atoms with van der Waals surface area (Å²) >= 11 is 6.25. The molecule has 2 aromatic rings. The van der Waals surface area contributed by atoms with Crippen molar-refractivity contribution >= 4 is 17.5 Å². The van der Waals surface area contributed by atoms with Crippen LogP contribution in [0, 0.1) is 12.7 Å². The second-order valence-corrected chi connectivity index (χ2v) is 6.40. The lowest BCUT2D eigenvalue weighted by atomic mass is 10.0. The smallest absolute Gasteiger partial charge is 0.254 e. The maximum atomic E-state index is 14.4. The van der Waals surface area contributed by atoms with Crippen LogP contribution in [-0.2, 0) is 0 Å². The van der Waals surface area contributed by atoms with Gasteiger partial charge in [-0.2, -0.15) is 0 Å². The van der Waals surface area contributed by atoms with E-state index in [0.717, 1.165) is 25.9 Å². The molecule has 3 rings (SSSR count). The molecule has 6 heteroatoms. The molecule has 1 N–H and O–H groups in total. The minimum absolute atomic E-state index is 0.224. The Hall–Kier alpha value is -1.85. The van der Waals surface area contributed by atoms with Crippen LogP contribution in [-0.4, -0.2) is 30.4 Å². The van der Waals surface area contributed by atoms with E-state index in [9.17, 15) is 9.18 Å². The van der Waals surface area contributed by atoms with E-state index in [4.69, 9.17) is 16.0 Å². The number of likely N-dealkylation sites (tertiary alicyclic amines) is 1. The van der Waals surface area contributed by atoms with Crippen molar-refractivity contribution in [2.45, 2.75) is 25.8 Å². The van der Waals surface area contributed by atoms with Crippen molar-refractivity contribution in [2.75, 3.05) is 19.6 Å². The predicted molar refractivity (Wildman–Crippen MR) is 90.7 cm³/mol. The van der Waals surface area contributed by atoms with Crippen LogP contribution in [0.25, 0.3) is 0 Å². The number of carbonyl (C=O) groups is 1. The molecule has 1 atom stereocenters. The number of halogens is 2. The molecule has 1 aromatic carbocycles. The van der Waals surface area contributed by atoms with Gasteiger partial charge in [-0.05, 0) is 51.1 Å². The summed E-state index contributed by atoms with van der Waals surface area (Å²) in [5.74, 6) is 0.000181. The van der Waals surface area contributed by atoms with Gasteiger partial charge in [-0.25, -0.2) is 4.39 Å². The topological polar surface area (TPSA) is 45.5 Å². The average Bonchev–Trinajstić information content (AvgIpc) is 3.21. The number of carbonyl (C=O) groups excluding carboxylic acids is 1. The standard InChI is InChI=1S/C18H20ClFN2O2/c1-12-13(7-10-24-12)18(23)21-11-16(22-8-2-3-9-22)17-14(19)5-4-6-15(17)20/h4-7,10,16H,2-3,8-9,11H2,1H3,(H,21,23). The van der Waals surface area contributed by atoms with Gasteiger partial charge >= 0.3 is 0 Å². The van der Waals surface area contributed by atoms with E-state index in [1.165, 1.54) is 12.3 Å². The molecule has 0 spiro atoms. The first kappa shape index (κ1) is 17.0. The van der Waals surface area contributed by atoms with Crippen LogP contribution in [0.5, 0.6) is 0 Å². The van der Waals surface area contributed by atoms with Crippen LogP contribution in [0.15, 0.2) is 34.9 Å². The van der Waals surface area contributed by atoms with Gasteiger partial charge < -0.3 is 9.73 Å². The lowest BCUT2D eigenvalue weighted by molar-refractivity contribution is 0.0935. The Labute approximate surface area is 145 Å². The molecular formula is C18H20ClFN2O2. The number of hydrogen-bond donors (Lipinski definition) is 1. The molecule has 1 unspecified atom stereocenters. The molecule has 1 aromatic heterocycles. The van der Waals surface area contributed by atoms with Crippen molar-refractivity contribution in [3.8, 4) is 0 Å². The minimum Gasteiger partial charge on any atom is -0.469 e. The Morgan fingerprint density at radius 1 is 1.38 bits per heavy atom. The van der Waals surface area contributed by atoms with Gasteiger partial charge in [0.05, 0.1) is 17.9 Å². The van der Waals surface area contributed by atoms with E-state index >= 15 is 0 Å². The molecule has 0 saturated carbocycles. The van der Waals surface area contributed by atoms with E-state index in [2.05, 4.69) is 10.2 Å². The zero-order valence-electron chi connectivity index (χ0n) is 13.5. The maximum Gasteiger partial charge on any atom is 0.254 e. The van der Waals surface area contributed by atoms with Crippen LogP contribution in [0.4, 0.5) is 4.39 Å². The largest absolute Gasteiger partial charge is 0.469 e. The lowest BCUT2D eigenvalue weighted by Gasteiger charge is -2.29. The molecule has 1 aliphatic rings. The van der Waals surface area contributed by atoms with Gasteiger partial charge in [-0.3, -0.25) is 9.69 Å². The molecule has 24 heavy (non-hydrogen) atoms. The van der Waals surface area contributed by atoms with E-state index in [0.29, 0.717) is 28.5 Å². The normalized spacial score (nSPS) is 16.3. The van der Waals surface area contributed by atoms with Crippen LogP contribution in [0.3, 0.4) is 0 Å². The monoisotopic (exact) mass is 350 g/mol. The molecule has 0 aliphatic carbocycles. The Bertz CT molecular complexity index is 705. The van der Waals surface area contributed by atoms with Gasteiger partial charge in [0.1, 0.15) is 11.6 Å². The third-order valence-corrected chi connectivity index (χ3v) is 4.80. The van der Waals surface area contributed by atoms with Crippen molar-refractivity contribution in [3.63, 3.8) is 0 Å². The summed E-state index contributed by atoms with van der Waals surface area (Å²) in [6.45, 7) is 3.77. The van der Waals surface area contributed by atoms with Crippen LogP contribution in [0.1, 0.15) is 40.6 Å². The second-order valence-electron chi connectivity index (χ2n) is 5.99. The Morgan fingerprint density at radius 2 is 2.12 bits per heavy atom. The summed E-state index contributed by atoms with van der Waals surface area (Å²) in [4.78, 5) is 14.5. The Morgan fingerprint density at radius 3 is 2.75 bits per heavy atom. The fraction of sp³-hybridized carbons (Fsp3) is 0.389. The van der Waals surface area contributed by atoms with Gasteiger partial charge in [0.15, 0.2) is 0 Å². The predicted octanol–water partition coefficient (Wildman–Crippen LogP) is 3.95. The number of nitrogens with one attached hydrogen (secondary N) is 1. The SMILES string of the molecule is Cc1occc1C(=O)NCC(c1c(F)cccc1Cl)N1CCCC1. The Balaban J connectivity index is 1.81. The fourth-order valence-corrected chi connectivity index (χ4v) is 3.49. The van der Waals surface area contributed by atoms with E-state index in [-0.39, 0.29) is 17.8 Å². The minimum atomic E-state index is -0.340. The maximum absolute atomic E-state index is 14.4. The number of hydrogen-bond acceptors (Lipinski definition) is 3. The summed E-state index contributed by atoms with van der Waals surface area (Å²) in [5, 5.41) is 3.28. The van der Waals surface area contributed by atoms with E-state index < -0.39 is 0 Å². The third kappa shape index (κ3) is 3.47. The number of rotatable bonds is 5. The fourth-order valence-electron chi connectivity index (χ4n) is 3.20. The zero-order chi connectivity index (χ0) is 17.1. The summed E-state index contributed by atoms with van der Waals surface area (Å²) in [5.41, 5.74) is 0.945. The summed E-state index contributed by atoms with van der Waals surface area (Å²) in [7, 11) is 0. The summed E-state index contributed by atoms with van der Waals surface area (Å²) < 4.78 is 19.5. The van der Waals surface area contributed by atoms with Crippen molar-refractivity contribution in [2.24, 2.45) is 0 Å². The quantitative estimate of drug-likeness (QED) is 0.888. The van der Waals surface area contributed by atoms with Crippen LogP contribution < -0.4 is 5.32 Å². The first-order chi connectivity index (χ1) is 11.6. The van der Waals surface area contributed by atoms with E-state index in [1.54, 1.807) is 25.1 Å². The second kappa shape index (κ2) is 7.36. The molecule has 128 valence electrons. The molecule has 4 nitrogen and oxygen atoms in total. The molecular weight excluding hydrogens is 331 g/mol. The third-order valence-electron chi connectivity index (χ3n) is 4.47. The molecule has 1 fully saturated rings. The van der Waals surface area contributed by atoms with Gasteiger partial charge in [0.25, 0.3) is 5.91 Å². The molecule has 1 amide bonds. The first-order valence-electron chi connectivity index (χ1n) is 8.08. The lowest BCUT2D eigenvalue weighted by Crippen LogP contribution is -2.37. The molecule has 0 radical (unpaired) electrons. The highest BCUT2D eigenvalue weighted by atomic mass is 35.5. The van der Waals surface area contributed by atoms with Gasteiger partial charge in [-0.15, -0.1) is 0 Å². The number of benzene rings is 1. The highest BCUT2D eigenvalue weighted by Gasteiger charge is 2.28. The molecule has 0 bridgehead atoms. The zero-order valence-corrected chi connectivity index (χ0v) is 14.3. The number of nitrogens with zero attached hydrogens (tertiary/aromatic N) is 1. The average molecular weight is 351 g/mol. The van der Waals surface area contributed by atoms with Crippen LogP contribution >= 0.6 is 11.6 Å². The molecule has 1 aliphatic heterocycles. The number of furan rings is 1. The number of aryl methyl sites for hydroxylation is 1. The highest BCUT2D eigenvalue weighted by molar-refractivity contribution is 6.31. The summed E-state index contributed by atoms with van der Waals surface area (Å²) in [6, 6.07) is 6.04. The van der Waals surface area contributed by atoms with E-state index in [1.807, 2.05) is 0 Å². The van der Waals surface area contributed by atoms with Gasteiger partial charge in [0.2, 0.25) is 0 Å². The Kier molecular flexibility index (Phi) is 5.21. The van der Waals surface area contributed by atoms with Gasteiger partial charge in [-0.1, -0.05) is 17.7 Å².